The fourth-order valence-electron chi connectivity index (χ4n) is 4.29. The normalized spacial score (nSPS) is 20.6. The summed E-state index contributed by atoms with van der Waals surface area (Å²) in [5, 5.41) is 14.6. The summed E-state index contributed by atoms with van der Waals surface area (Å²) in [5.74, 6) is -0.700. The van der Waals surface area contributed by atoms with E-state index < -0.39 is 0 Å². The summed E-state index contributed by atoms with van der Waals surface area (Å²) in [4.78, 5) is 41.6. The van der Waals surface area contributed by atoms with E-state index in [1.54, 1.807) is 36.4 Å². The summed E-state index contributed by atoms with van der Waals surface area (Å²) in [6.45, 7) is 5.49. The molecule has 156 valence electrons. The molecule has 4 N–H and O–H groups in total. The van der Waals surface area contributed by atoms with Crippen molar-refractivity contribution in [3.8, 4) is 0 Å². The summed E-state index contributed by atoms with van der Waals surface area (Å²) in [6, 6.07) is 10.3. The van der Waals surface area contributed by atoms with Crippen LogP contribution in [0, 0.1) is 0 Å². The molecule has 2 atom stereocenters. The minimum atomic E-state index is -0.288. The number of quaternary nitrogens is 1. The van der Waals surface area contributed by atoms with Crippen molar-refractivity contribution in [3.63, 3.8) is 0 Å². The first-order valence-corrected chi connectivity index (χ1v) is 10.3. The number of carbonyl (C=O) groups is 3. The van der Waals surface area contributed by atoms with Crippen LogP contribution in [0.1, 0.15) is 56.0 Å². The number of amides is 1. The Kier molecular flexibility index (Phi) is 5.40. The third-order valence-electron chi connectivity index (χ3n) is 5.89. The minimum Gasteiger partial charge on any atom is -0.395 e. The van der Waals surface area contributed by atoms with Gasteiger partial charge < -0.3 is 20.6 Å². The monoisotopic (exact) mass is 408 g/mol. The van der Waals surface area contributed by atoms with E-state index in [-0.39, 0.29) is 53.8 Å². The number of carbonyl (C=O) groups excluding carboxylic acids is 3. The second kappa shape index (κ2) is 8.01. The van der Waals surface area contributed by atoms with Gasteiger partial charge in [-0.05, 0) is 26.0 Å². The number of hydrogen-bond donors (Lipinski definition) is 3. The highest BCUT2D eigenvalue weighted by Crippen LogP contribution is 2.35. The summed E-state index contributed by atoms with van der Waals surface area (Å²) < 4.78 is 0. The fourth-order valence-corrected chi connectivity index (χ4v) is 4.29. The van der Waals surface area contributed by atoms with Crippen molar-refractivity contribution < 1.29 is 24.8 Å². The Bertz CT molecular complexity index is 1030. The van der Waals surface area contributed by atoms with E-state index in [0.29, 0.717) is 28.9 Å². The predicted molar refractivity (Wildman–Crippen MR) is 112 cm³/mol. The van der Waals surface area contributed by atoms with E-state index in [9.17, 15) is 19.5 Å². The summed E-state index contributed by atoms with van der Waals surface area (Å²) in [7, 11) is 0. The highest BCUT2D eigenvalue weighted by molar-refractivity contribution is 6.31. The Morgan fingerprint density at radius 3 is 2.50 bits per heavy atom. The molecule has 1 aliphatic carbocycles. The standard InChI is InChI=1S/C23H25N3O4/c1-13-12-26(14(2)11-25-13)23(30)18-8-7-17-19(20(18)24-9-10-27)22(29)16-6-4-3-5-15(16)21(17)28/h3-8,13-14,24-25,27H,9-12H2,1-2H3/p+1/t13-,14+/m1/s1. The number of aliphatic hydroxyl groups excluding tert-OH is 1. The summed E-state index contributed by atoms with van der Waals surface area (Å²) >= 11 is 0. The van der Waals surface area contributed by atoms with E-state index in [0.717, 1.165) is 6.54 Å². The van der Waals surface area contributed by atoms with Crippen LogP contribution in [-0.2, 0) is 0 Å². The van der Waals surface area contributed by atoms with Crippen molar-refractivity contribution in [2.75, 3.05) is 31.6 Å². The van der Waals surface area contributed by atoms with Crippen LogP contribution in [-0.4, -0.2) is 65.8 Å². The Morgan fingerprint density at radius 1 is 1.10 bits per heavy atom. The molecule has 1 aliphatic heterocycles. The molecule has 30 heavy (non-hydrogen) atoms. The van der Waals surface area contributed by atoms with Gasteiger partial charge in [-0.15, -0.1) is 0 Å². The quantitative estimate of drug-likeness (QED) is 0.589. The van der Waals surface area contributed by atoms with Crippen molar-refractivity contribution >= 4 is 23.2 Å². The minimum absolute atomic E-state index is 0.0495. The first-order chi connectivity index (χ1) is 14.4. The Hall–Kier alpha value is -3.03. The van der Waals surface area contributed by atoms with Crippen LogP contribution in [0.5, 0.6) is 0 Å². The third kappa shape index (κ3) is 3.30. The molecule has 1 amide bonds. The predicted octanol–water partition coefficient (Wildman–Crippen LogP) is 0.662. The molecular formula is C23H26N3O4+. The number of benzene rings is 2. The van der Waals surface area contributed by atoms with Crippen LogP contribution in [0.3, 0.4) is 0 Å². The number of nitrogens with two attached hydrogens (primary N) is 1. The first-order valence-electron chi connectivity index (χ1n) is 10.3. The lowest BCUT2D eigenvalue weighted by Gasteiger charge is -2.35. The van der Waals surface area contributed by atoms with Gasteiger partial charge in [0.25, 0.3) is 5.91 Å². The smallest absolute Gasteiger partial charge is 0.256 e. The molecule has 0 aromatic heterocycles. The lowest BCUT2D eigenvalue weighted by molar-refractivity contribution is -0.698. The van der Waals surface area contributed by atoms with Gasteiger partial charge in [0.2, 0.25) is 0 Å². The van der Waals surface area contributed by atoms with Crippen LogP contribution < -0.4 is 10.6 Å². The van der Waals surface area contributed by atoms with Gasteiger partial charge in [0.15, 0.2) is 11.6 Å². The van der Waals surface area contributed by atoms with Crippen LogP contribution in [0.15, 0.2) is 36.4 Å². The molecular weight excluding hydrogens is 382 g/mol. The van der Waals surface area contributed by atoms with Gasteiger partial charge >= 0.3 is 0 Å². The number of nitrogens with one attached hydrogen (secondary N) is 1. The molecule has 0 spiro atoms. The SMILES string of the molecule is C[C@@H]1CN(C(=O)c2ccc3c(c2NCCO)C(=O)c2ccccc2C3=O)[C@@H](C)C[NH2+]1. The number of nitrogens with zero attached hydrogens (tertiary/aromatic N) is 1. The van der Waals surface area contributed by atoms with Gasteiger partial charge in [-0.3, -0.25) is 14.4 Å². The van der Waals surface area contributed by atoms with Crippen molar-refractivity contribution in [2.24, 2.45) is 0 Å². The molecule has 1 fully saturated rings. The van der Waals surface area contributed by atoms with Gasteiger partial charge in [0.05, 0.1) is 42.6 Å². The number of ketones is 2. The van der Waals surface area contributed by atoms with E-state index in [1.807, 2.05) is 11.8 Å². The van der Waals surface area contributed by atoms with Crippen molar-refractivity contribution in [2.45, 2.75) is 25.9 Å². The number of fused-ring (bicyclic) bond motifs is 2. The molecule has 2 aliphatic rings. The molecule has 2 aromatic carbocycles. The zero-order valence-electron chi connectivity index (χ0n) is 17.1. The number of aliphatic hydroxyl groups is 1. The first kappa shape index (κ1) is 20.3. The Balaban J connectivity index is 1.84. The maximum atomic E-state index is 13.5. The van der Waals surface area contributed by atoms with Gasteiger partial charge in [0, 0.05) is 23.2 Å². The number of rotatable bonds is 4. The molecule has 7 heteroatoms. The second-order valence-electron chi connectivity index (χ2n) is 8.02. The van der Waals surface area contributed by atoms with Gasteiger partial charge in [0.1, 0.15) is 6.04 Å². The maximum absolute atomic E-state index is 13.5. The molecule has 1 saturated heterocycles. The second-order valence-corrected chi connectivity index (χ2v) is 8.02. The van der Waals surface area contributed by atoms with Crippen molar-refractivity contribution in [1.82, 2.24) is 4.90 Å². The van der Waals surface area contributed by atoms with E-state index in [2.05, 4.69) is 17.6 Å². The van der Waals surface area contributed by atoms with Crippen molar-refractivity contribution in [1.29, 1.82) is 0 Å². The number of hydrogen-bond acceptors (Lipinski definition) is 5. The van der Waals surface area contributed by atoms with Crippen LogP contribution in [0.2, 0.25) is 0 Å². The molecule has 0 bridgehead atoms. The zero-order chi connectivity index (χ0) is 21.4. The lowest BCUT2D eigenvalue weighted by Crippen LogP contribution is -2.96. The number of anilines is 1. The van der Waals surface area contributed by atoms with E-state index in [4.69, 9.17) is 0 Å². The molecule has 2 aromatic rings. The molecule has 4 rings (SSSR count). The van der Waals surface area contributed by atoms with E-state index in [1.165, 1.54) is 0 Å². The molecule has 0 radical (unpaired) electrons. The fraction of sp³-hybridized carbons (Fsp3) is 0.348. The molecule has 0 unspecified atom stereocenters. The summed E-state index contributed by atoms with van der Waals surface area (Å²) in [6.07, 6.45) is 0. The highest BCUT2D eigenvalue weighted by atomic mass is 16.3. The topological polar surface area (TPSA) is 103 Å². The van der Waals surface area contributed by atoms with Gasteiger partial charge in [-0.25, -0.2) is 0 Å². The molecule has 7 nitrogen and oxygen atoms in total. The maximum Gasteiger partial charge on any atom is 0.256 e. The largest absolute Gasteiger partial charge is 0.395 e. The van der Waals surface area contributed by atoms with Gasteiger partial charge in [-0.2, -0.15) is 0 Å². The number of piperazine rings is 1. The third-order valence-corrected chi connectivity index (χ3v) is 5.89. The van der Waals surface area contributed by atoms with Gasteiger partial charge in [-0.1, -0.05) is 24.3 Å². The van der Waals surface area contributed by atoms with Crippen LogP contribution in [0.25, 0.3) is 0 Å². The van der Waals surface area contributed by atoms with Crippen LogP contribution >= 0.6 is 0 Å². The Morgan fingerprint density at radius 2 is 1.80 bits per heavy atom. The highest BCUT2D eigenvalue weighted by Gasteiger charge is 2.36. The molecule has 0 saturated carbocycles. The Labute approximate surface area is 175 Å². The lowest BCUT2D eigenvalue weighted by atomic mass is 9.82. The zero-order valence-corrected chi connectivity index (χ0v) is 17.1. The summed E-state index contributed by atoms with van der Waals surface area (Å²) in [5.41, 5.74) is 1.88. The average Bonchev–Trinajstić information content (AvgIpc) is 2.76. The molecule has 1 heterocycles. The van der Waals surface area contributed by atoms with Crippen LogP contribution in [0.4, 0.5) is 5.69 Å². The average molecular weight is 408 g/mol. The van der Waals surface area contributed by atoms with Crippen molar-refractivity contribution in [3.05, 3.63) is 64.2 Å². The van der Waals surface area contributed by atoms with E-state index >= 15 is 0 Å².